The molecule has 2 N–H and O–H groups in total. The van der Waals surface area contributed by atoms with Gasteiger partial charge in [0.1, 0.15) is 11.6 Å². The molecule has 1 aliphatic carbocycles. The maximum Gasteiger partial charge on any atom is 0.134 e. The molecule has 0 amide bonds. The first-order valence-electron chi connectivity index (χ1n) is 7.12. The van der Waals surface area contributed by atoms with Crippen LogP contribution in [0.25, 0.3) is 0 Å². The fourth-order valence-electron chi connectivity index (χ4n) is 2.59. The van der Waals surface area contributed by atoms with Crippen molar-refractivity contribution in [3.63, 3.8) is 0 Å². The van der Waals surface area contributed by atoms with E-state index in [4.69, 9.17) is 10.7 Å². The smallest absolute Gasteiger partial charge is 0.134 e. The highest BCUT2D eigenvalue weighted by Gasteiger charge is 2.22. The number of hydrogen-bond donors (Lipinski definition) is 1. The molecule has 1 aliphatic rings. The predicted molar refractivity (Wildman–Crippen MR) is 75.6 cm³/mol. The van der Waals surface area contributed by atoms with Gasteiger partial charge in [0.25, 0.3) is 0 Å². The van der Waals surface area contributed by atoms with Crippen molar-refractivity contribution in [3.05, 3.63) is 17.6 Å². The van der Waals surface area contributed by atoms with Gasteiger partial charge < -0.3 is 5.73 Å². The van der Waals surface area contributed by atoms with Gasteiger partial charge in [-0.25, -0.2) is 9.97 Å². The number of nitrogen functional groups attached to an aromatic ring is 1. The fraction of sp³-hybridized carbons (Fsp3) is 0.733. The second-order valence-corrected chi connectivity index (χ2v) is 6.47. The third kappa shape index (κ3) is 3.21. The highest BCUT2D eigenvalue weighted by Crippen LogP contribution is 2.31. The molecule has 0 bridgehead atoms. The Bertz CT molecular complexity index is 399. The normalized spacial score (nSPS) is 18.6. The first-order chi connectivity index (χ1) is 8.47. The minimum absolute atomic E-state index is 0.0382. The van der Waals surface area contributed by atoms with E-state index in [1.165, 1.54) is 38.5 Å². The van der Waals surface area contributed by atoms with Crippen molar-refractivity contribution in [2.75, 3.05) is 5.73 Å². The van der Waals surface area contributed by atoms with Gasteiger partial charge in [-0.3, -0.25) is 0 Å². The molecule has 1 aromatic rings. The van der Waals surface area contributed by atoms with Crippen LogP contribution in [-0.4, -0.2) is 9.97 Å². The minimum Gasteiger partial charge on any atom is -0.384 e. The maximum absolute atomic E-state index is 5.95. The van der Waals surface area contributed by atoms with Crippen LogP contribution in [0, 0.1) is 0 Å². The van der Waals surface area contributed by atoms with Gasteiger partial charge in [0.2, 0.25) is 0 Å². The summed E-state index contributed by atoms with van der Waals surface area (Å²) in [5.74, 6) is 2.10. The Morgan fingerprint density at radius 1 is 1.06 bits per heavy atom. The average molecular weight is 247 g/mol. The molecule has 100 valence electrons. The summed E-state index contributed by atoms with van der Waals surface area (Å²) in [6.45, 7) is 6.52. The van der Waals surface area contributed by atoms with E-state index in [0.29, 0.717) is 11.7 Å². The van der Waals surface area contributed by atoms with E-state index >= 15 is 0 Å². The van der Waals surface area contributed by atoms with Crippen molar-refractivity contribution in [2.24, 2.45) is 0 Å². The van der Waals surface area contributed by atoms with Gasteiger partial charge in [0.05, 0.1) is 5.69 Å². The summed E-state index contributed by atoms with van der Waals surface area (Å²) in [6, 6.07) is 1.92. The van der Waals surface area contributed by atoms with Crippen LogP contribution in [0.1, 0.15) is 76.7 Å². The van der Waals surface area contributed by atoms with Gasteiger partial charge in [0, 0.05) is 17.4 Å². The van der Waals surface area contributed by atoms with Gasteiger partial charge in [-0.05, 0) is 12.8 Å². The zero-order valence-corrected chi connectivity index (χ0v) is 11.9. The van der Waals surface area contributed by atoms with Gasteiger partial charge in [0.15, 0.2) is 0 Å². The quantitative estimate of drug-likeness (QED) is 0.768. The molecule has 0 spiro atoms. The Hall–Kier alpha value is -1.12. The Balaban J connectivity index is 2.29. The van der Waals surface area contributed by atoms with E-state index < -0.39 is 0 Å². The van der Waals surface area contributed by atoms with Crippen LogP contribution in [0.4, 0.5) is 5.82 Å². The molecule has 0 aliphatic heterocycles. The molecule has 1 aromatic heterocycles. The van der Waals surface area contributed by atoms with E-state index in [2.05, 4.69) is 25.8 Å². The Morgan fingerprint density at radius 3 is 2.22 bits per heavy atom. The Kier molecular flexibility index (Phi) is 3.88. The van der Waals surface area contributed by atoms with E-state index in [-0.39, 0.29) is 5.41 Å². The third-order valence-corrected chi connectivity index (χ3v) is 3.75. The molecule has 0 unspecified atom stereocenters. The van der Waals surface area contributed by atoms with Crippen LogP contribution in [-0.2, 0) is 5.41 Å². The van der Waals surface area contributed by atoms with E-state index in [0.717, 1.165) is 11.5 Å². The first kappa shape index (κ1) is 13.3. The minimum atomic E-state index is 0.0382. The van der Waals surface area contributed by atoms with E-state index in [1.54, 1.807) is 0 Å². The topological polar surface area (TPSA) is 51.8 Å². The summed E-state index contributed by atoms with van der Waals surface area (Å²) in [5, 5.41) is 0. The third-order valence-electron chi connectivity index (χ3n) is 3.75. The highest BCUT2D eigenvalue weighted by atomic mass is 15.0. The van der Waals surface area contributed by atoms with Gasteiger partial charge in [-0.2, -0.15) is 0 Å². The number of anilines is 1. The Morgan fingerprint density at radius 2 is 1.67 bits per heavy atom. The lowest BCUT2D eigenvalue weighted by Crippen LogP contribution is -2.17. The van der Waals surface area contributed by atoms with E-state index in [9.17, 15) is 0 Å². The number of rotatable bonds is 1. The zero-order valence-electron chi connectivity index (χ0n) is 11.9. The zero-order chi connectivity index (χ0) is 13.2. The molecule has 1 heterocycles. The SMILES string of the molecule is CC(C)(C)c1cc(N)nc(C2CCCCCC2)n1. The summed E-state index contributed by atoms with van der Waals surface area (Å²) in [6.07, 6.45) is 7.73. The summed E-state index contributed by atoms with van der Waals surface area (Å²) < 4.78 is 0. The molecule has 0 saturated heterocycles. The van der Waals surface area contributed by atoms with Gasteiger partial charge in [-0.15, -0.1) is 0 Å². The van der Waals surface area contributed by atoms with Crippen LogP contribution in [0.5, 0.6) is 0 Å². The average Bonchev–Trinajstić information content (AvgIpc) is 2.55. The molecule has 18 heavy (non-hydrogen) atoms. The molecule has 1 saturated carbocycles. The highest BCUT2D eigenvalue weighted by molar-refractivity contribution is 5.33. The van der Waals surface area contributed by atoms with Gasteiger partial charge in [-0.1, -0.05) is 46.5 Å². The maximum atomic E-state index is 5.95. The van der Waals surface area contributed by atoms with Crippen LogP contribution < -0.4 is 5.73 Å². The fourth-order valence-corrected chi connectivity index (χ4v) is 2.59. The molecule has 3 nitrogen and oxygen atoms in total. The van der Waals surface area contributed by atoms with Gasteiger partial charge >= 0.3 is 0 Å². The summed E-state index contributed by atoms with van der Waals surface area (Å²) in [5.41, 5.74) is 7.05. The second kappa shape index (κ2) is 5.25. The monoisotopic (exact) mass is 247 g/mol. The Labute approximate surface area is 110 Å². The van der Waals surface area contributed by atoms with Crippen LogP contribution in [0.2, 0.25) is 0 Å². The summed E-state index contributed by atoms with van der Waals surface area (Å²) >= 11 is 0. The van der Waals surface area contributed by atoms with Crippen LogP contribution >= 0.6 is 0 Å². The number of hydrogen-bond acceptors (Lipinski definition) is 3. The van der Waals surface area contributed by atoms with Crippen molar-refractivity contribution in [2.45, 2.75) is 70.6 Å². The van der Waals surface area contributed by atoms with Crippen molar-refractivity contribution in [1.82, 2.24) is 9.97 Å². The largest absolute Gasteiger partial charge is 0.384 e. The lowest BCUT2D eigenvalue weighted by Gasteiger charge is -2.21. The van der Waals surface area contributed by atoms with E-state index in [1.807, 2.05) is 6.07 Å². The lowest BCUT2D eigenvalue weighted by molar-refractivity contribution is 0.528. The molecule has 0 atom stereocenters. The summed E-state index contributed by atoms with van der Waals surface area (Å²) in [4.78, 5) is 9.26. The lowest BCUT2D eigenvalue weighted by atomic mass is 9.91. The number of nitrogens with zero attached hydrogens (tertiary/aromatic N) is 2. The summed E-state index contributed by atoms with van der Waals surface area (Å²) in [7, 11) is 0. The molecule has 0 radical (unpaired) electrons. The number of aromatic nitrogens is 2. The first-order valence-corrected chi connectivity index (χ1v) is 7.12. The molecular formula is C15H25N3. The van der Waals surface area contributed by atoms with Crippen LogP contribution in [0.15, 0.2) is 6.07 Å². The molecular weight excluding hydrogens is 222 g/mol. The van der Waals surface area contributed by atoms with Crippen molar-refractivity contribution >= 4 is 5.82 Å². The van der Waals surface area contributed by atoms with Crippen LogP contribution in [0.3, 0.4) is 0 Å². The van der Waals surface area contributed by atoms with Crippen molar-refractivity contribution in [1.29, 1.82) is 0 Å². The van der Waals surface area contributed by atoms with Crippen molar-refractivity contribution < 1.29 is 0 Å². The molecule has 1 fully saturated rings. The second-order valence-electron chi connectivity index (χ2n) is 6.47. The molecule has 2 rings (SSSR count). The number of nitrogens with two attached hydrogens (primary N) is 1. The predicted octanol–water partition coefficient (Wildman–Crippen LogP) is 3.79. The molecule has 3 heteroatoms. The van der Waals surface area contributed by atoms with Crippen molar-refractivity contribution in [3.8, 4) is 0 Å². The molecule has 0 aromatic carbocycles. The standard InChI is InChI=1S/C15H25N3/c1-15(2,3)12-10-13(16)18-14(17-12)11-8-6-4-5-7-9-11/h10-11H,4-9H2,1-3H3,(H2,16,17,18).